The van der Waals surface area contributed by atoms with Crippen molar-refractivity contribution in [2.75, 3.05) is 20.2 Å². The van der Waals surface area contributed by atoms with Crippen molar-refractivity contribution in [3.8, 4) is 0 Å². The molecule has 0 saturated carbocycles. The fraction of sp³-hybridized carbons (Fsp3) is 0.647. The van der Waals surface area contributed by atoms with Crippen LogP contribution in [0.5, 0.6) is 0 Å². The monoisotopic (exact) mass is 341 g/mol. The number of nitrogens with one attached hydrogen (secondary N) is 1. The van der Waals surface area contributed by atoms with E-state index in [-0.39, 0.29) is 0 Å². The van der Waals surface area contributed by atoms with E-state index in [2.05, 4.69) is 66.3 Å². The number of benzene rings is 1. The lowest BCUT2D eigenvalue weighted by atomic mass is 9.93. The molecule has 20 heavy (non-hydrogen) atoms. The van der Waals surface area contributed by atoms with Crippen LogP contribution in [-0.4, -0.2) is 26.3 Å². The summed E-state index contributed by atoms with van der Waals surface area (Å²) in [7, 11) is 1.79. The number of hydrogen-bond donors (Lipinski definition) is 1. The van der Waals surface area contributed by atoms with Gasteiger partial charge in [0, 0.05) is 11.6 Å². The second-order valence-corrected chi connectivity index (χ2v) is 6.95. The molecule has 1 N–H and O–H groups in total. The average Bonchev–Trinajstić information content (AvgIpc) is 2.38. The lowest BCUT2D eigenvalue weighted by Gasteiger charge is -2.21. The zero-order valence-electron chi connectivity index (χ0n) is 13.2. The molecule has 114 valence electrons. The molecule has 1 aromatic carbocycles. The number of hydrogen-bond acceptors (Lipinski definition) is 2. The van der Waals surface area contributed by atoms with E-state index in [0.717, 1.165) is 30.4 Å². The van der Waals surface area contributed by atoms with Gasteiger partial charge < -0.3 is 10.1 Å². The molecule has 0 spiro atoms. The average molecular weight is 342 g/mol. The Hall–Kier alpha value is -0.380. The molecular formula is C17H28BrNO. The molecule has 3 heteroatoms. The van der Waals surface area contributed by atoms with E-state index in [0.29, 0.717) is 17.9 Å². The molecule has 0 bridgehead atoms. The summed E-state index contributed by atoms with van der Waals surface area (Å²) in [4.78, 5) is 0. The van der Waals surface area contributed by atoms with Crippen LogP contribution in [0, 0.1) is 11.8 Å². The Bertz CT molecular complexity index is 381. The maximum absolute atomic E-state index is 5.43. The van der Waals surface area contributed by atoms with Crippen LogP contribution in [0.4, 0.5) is 0 Å². The minimum atomic E-state index is 0.313. The van der Waals surface area contributed by atoms with Gasteiger partial charge in [0.15, 0.2) is 0 Å². The standard InChI is InChI=1S/C17H28BrNO/c1-13(2)11-19-12-16(8-14(3)20-4)9-15-6-5-7-17(18)10-15/h5-7,10,13-14,16,19H,8-9,11-12H2,1-4H3. The van der Waals surface area contributed by atoms with E-state index in [4.69, 9.17) is 4.74 Å². The van der Waals surface area contributed by atoms with Gasteiger partial charge in [0.25, 0.3) is 0 Å². The molecule has 0 aromatic heterocycles. The highest BCUT2D eigenvalue weighted by atomic mass is 79.9. The zero-order chi connectivity index (χ0) is 15.0. The molecule has 2 nitrogen and oxygen atoms in total. The summed E-state index contributed by atoms with van der Waals surface area (Å²) in [6.07, 6.45) is 2.50. The second-order valence-electron chi connectivity index (χ2n) is 6.03. The lowest BCUT2D eigenvalue weighted by Crippen LogP contribution is -2.29. The van der Waals surface area contributed by atoms with E-state index < -0.39 is 0 Å². The summed E-state index contributed by atoms with van der Waals surface area (Å²) < 4.78 is 6.59. The van der Waals surface area contributed by atoms with Gasteiger partial charge in [0.1, 0.15) is 0 Å². The van der Waals surface area contributed by atoms with Gasteiger partial charge in [-0.25, -0.2) is 0 Å². The van der Waals surface area contributed by atoms with Crippen LogP contribution >= 0.6 is 15.9 Å². The highest BCUT2D eigenvalue weighted by Gasteiger charge is 2.14. The Morgan fingerprint density at radius 3 is 2.55 bits per heavy atom. The van der Waals surface area contributed by atoms with Crippen molar-refractivity contribution in [1.82, 2.24) is 5.32 Å². The first-order chi connectivity index (χ1) is 9.51. The number of ether oxygens (including phenoxy) is 1. The van der Waals surface area contributed by atoms with E-state index in [1.807, 2.05) is 0 Å². The van der Waals surface area contributed by atoms with Crippen LogP contribution in [-0.2, 0) is 11.2 Å². The van der Waals surface area contributed by atoms with Crippen molar-refractivity contribution in [1.29, 1.82) is 0 Å². The normalized spacial score (nSPS) is 14.5. The van der Waals surface area contributed by atoms with Crippen molar-refractivity contribution >= 4 is 15.9 Å². The molecule has 1 rings (SSSR count). The number of methoxy groups -OCH3 is 1. The molecule has 1 aromatic rings. The van der Waals surface area contributed by atoms with Crippen molar-refractivity contribution in [3.63, 3.8) is 0 Å². The van der Waals surface area contributed by atoms with Gasteiger partial charge >= 0.3 is 0 Å². The minimum absolute atomic E-state index is 0.313. The third-order valence-corrected chi connectivity index (χ3v) is 3.96. The van der Waals surface area contributed by atoms with Gasteiger partial charge in [-0.15, -0.1) is 0 Å². The summed E-state index contributed by atoms with van der Waals surface area (Å²) in [5.41, 5.74) is 1.39. The van der Waals surface area contributed by atoms with Crippen LogP contribution in [0.1, 0.15) is 32.8 Å². The summed E-state index contributed by atoms with van der Waals surface area (Å²) in [5.74, 6) is 1.30. The third kappa shape index (κ3) is 7.41. The zero-order valence-corrected chi connectivity index (χ0v) is 14.7. The van der Waals surface area contributed by atoms with E-state index in [9.17, 15) is 0 Å². The SMILES string of the molecule is COC(C)CC(CNCC(C)C)Cc1cccc(Br)c1. The van der Waals surface area contributed by atoms with Gasteiger partial charge in [-0.05, 0) is 62.4 Å². The van der Waals surface area contributed by atoms with Gasteiger partial charge in [-0.1, -0.05) is 41.9 Å². The highest BCUT2D eigenvalue weighted by molar-refractivity contribution is 9.10. The molecule has 0 aliphatic heterocycles. The first kappa shape index (κ1) is 17.7. The van der Waals surface area contributed by atoms with Crippen LogP contribution in [0.15, 0.2) is 28.7 Å². The Labute approximate surface area is 132 Å². The molecule has 0 heterocycles. The van der Waals surface area contributed by atoms with Crippen molar-refractivity contribution in [2.45, 2.75) is 39.7 Å². The first-order valence-corrected chi connectivity index (χ1v) is 8.28. The molecule has 2 atom stereocenters. The summed E-state index contributed by atoms with van der Waals surface area (Å²) >= 11 is 3.55. The summed E-state index contributed by atoms with van der Waals surface area (Å²) in [5, 5.41) is 3.58. The predicted molar refractivity (Wildman–Crippen MR) is 90.1 cm³/mol. The Balaban J connectivity index is 2.56. The van der Waals surface area contributed by atoms with E-state index in [1.165, 1.54) is 5.56 Å². The Kier molecular flexibility index (Phi) is 8.43. The molecular weight excluding hydrogens is 314 g/mol. The Morgan fingerprint density at radius 1 is 1.20 bits per heavy atom. The van der Waals surface area contributed by atoms with Crippen LogP contribution < -0.4 is 5.32 Å². The number of halogens is 1. The highest BCUT2D eigenvalue weighted by Crippen LogP contribution is 2.18. The molecule has 0 aliphatic carbocycles. The van der Waals surface area contributed by atoms with Crippen LogP contribution in [0.3, 0.4) is 0 Å². The van der Waals surface area contributed by atoms with E-state index >= 15 is 0 Å². The Morgan fingerprint density at radius 2 is 1.95 bits per heavy atom. The lowest BCUT2D eigenvalue weighted by molar-refractivity contribution is 0.0945. The maximum Gasteiger partial charge on any atom is 0.0546 e. The fourth-order valence-electron chi connectivity index (χ4n) is 2.38. The largest absolute Gasteiger partial charge is 0.382 e. The minimum Gasteiger partial charge on any atom is -0.382 e. The molecule has 0 saturated heterocycles. The van der Waals surface area contributed by atoms with E-state index in [1.54, 1.807) is 7.11 Å². The van der Waals surface area contributed by atoms with Gasteiger partial charge in [0.05, 0.1) is 6.10 Å². The molecule has 0 aliphatic rings. The van der Waals surface area contributed by atoms with Crippen molar-refractivity contribution in [3.05, 3.63) is 34.3 Å². The predicted octanol–water partition coefficient (Wildman–Crippen LogP) is 4.28. The smallest absolute Gasteiger partial charge is 0.0546 e. The van der Waals surface area contributed by atoms with Crippen molar-refractivity contribution in [2.24, 2.45) is 11.8 Å². The van der Waals surface area contributed by atoms with Crippen LogP contribution in [0.2, 0.25) is 0 Å². The van der Waals surface area contributed by atoms with Gasteiger partial charge in [-0.2, -0.15) is 0 Å². The third-order valence-electron chi connectivity index (χ3n) is 3.47. The van der Waals surface area contributed by atoms with Crippen LogP contribution in [0.25, 0.3) is 0 Å². The van der Waals surface area contributed by atoms with Crippen molar-refractivity contribution < 1.29 is 4.74 Å². The molecule has 0 fully saturated rings. The summed E-state index contributed by atoms with van der Waals surface area (Å²) in [6.45, 7) is 8.77. The van der Waals surface area contributed by atoms with Gasteiger partial charge in [0.2, 0.25) is 0 Å². The number of rotatable bonds is 9. The summed E-state index contributed by atoms with van der Waals surface area (Å²) in [6, 6.07) is 8.61. The first-order valence-electron chi connectivity index (χ1n) is 7.49. The second kappa shape index (κ2) is 9.54. The topological polar surface area (TPSA) is 21.3 Å². The maximum atomic E-state index is 5.43. The molecule has 0 radical (unpaired) electrons. The molecule has 0 amide bonds. The van der Waals surface area contributed by atoms with Gasteiger partial charge in [-0.3, -0.25) is 0 Å². The quantitative estimate of drug-likeness (QED) is 0.723. The fourth-order valence-corrected chi connectivity index (χ4v) is 2.82. The molecule has 2 unspecified atom stereocenters.